The lowest BCUT2D eigenvalue weighted by molar-refractivity contribution is 0.249. The molecule has 12 heteroatoms. The standard InChI is InChI=1S/C30H36N8O3S/c1-36(2)20-11-15-37(16-12-20)25-8-7-24(27-21(25)13-18-41-27)33-30-34-28-22(9-14-31-28)29(35-30)32-23-6-4-5-19-10-17-38(26(19)23)42(3,39)40/h4-9,14,20H,10-13,15-18H2,1-3H3,(H3,31,32,33,34,35). The summed E-state index contributed by atoms with van der Waals surface area (Å²) in [5.74, 6) is 1.85. The van der Waals surface area contributed by atoms with E-state index in [0.717, 1.165) is 54.7 Å². The maximum atomic E-state index is 12.5. The first kappa shape index (κ1) is 26.8. The van der Waals surface area contributed by atoms with Crippen LogP contribution in [0.2, 0.25) is 0 Å². The molecule has 1 saturated heterocycles. The van der Waals surface area contributed by atoms with Gasteiger partial charge in [0, 0.05) is 49.5 Å². The number of piperidine rings is 1. The van der Waals surface area contributed by atoms with Gasteiger partial charge < -0.3 is 30.2 Å². The second kappa shape index (κ2) is 10.4. The summed E-state index contributed by atoms with van der Waals surface area (Å²) < 4.78 is 32.7. The van der Waals surface area contributed by atoms with Crippen molar-refractivity contribution < 1.29 is 13.2 Å². The largest absolute Gasteiger partial charge is 0.491 e. The third kappa shape index (κ3) is 4.78. The molecule has 0 saturated carbocycles. The molecular formula is C30H36N8O3S. The molecule has 220 valence electrons. The maximum absolute atomic E-state index is 12.5. The van der Waals surface area contributed by atoms with E-state index in [2.05, 4.69) is 51.6 Å². The monoisotopic (exact) mass is 588 g/mol. The highest BCUT2D eigenvalue weighted by atomic mass is 32.2. The number of aromatic amines is 1. The molecule has 3 N–H and O–H groups in total. The van der Waals surface area contributed by atoms with Crippen molar-refractivity contribution in [1.29, 1.82) is 0 Å². The molecule has 0 bridgehead atoms. The van der Waals surface area contributed by atoms with E-state index in [1.165, 1.54) is 21.8 Å². The number of benzene rings is 2. The molecular weight excluding hydrogens is 552 g/mol. The van der Waals surface area contributed by atoms with Gasteiger partial charge in [0.05, 0.1) is 35.3 Å². The number of hydrogen-bond acceptors (Lipinski definition) is 9. The summed E-state index contributed by atoms with van der Waals surface area (Å²) in [7, 11) is 0.913. The quantitative estimate of drug-likeness (QED) is 0.291. The van der Waals surface area contributed by atoms with Crippen LogP contribution in [0.25, 0.3) is 11.0 Å². The van der Waals surface area contributed by atoms with E-state index in [1.54, 1.807) is 0 Å². The first-order valence-corrected chi connectivity index (χ1v) is 16.3. The highest BCUT2D eigenvalue weighted by Gasteiger charge is 2.30. The van der Waals surface area contributed by atoms with Crippen molar-refractivity contribution in [1.82, 2.24) is 19.9 Å². The second-order valence-electron chi connectivity index (χ2n) is 11.5. The number of hydrogen-bond donors (Lipinski definition) is 3. The van der Waals surface area contributed by atoms with Gasteiger partial charge in [-0.05, 0) is 63.2 Å². The van der Waals surface area contributed by atoms with Crippen molar-refractivity contribution in [2.24, 2.45) is 0 Å². The molecule has 3 aliphatic heterocycles. The Bertz CT molecular complexity index is 1760. The molecule has 0 atom stereocenters. The average molecular weight is 589 g/mol. The van der Waals surface area contributed by atoms with Crippen LogP contribution >= 0.6 is 0 Å². The summed E-state index contributed by atoms with van der Waals surface area (Å²) >= 11 is 0. The van der Waals surface area contributed by atoms with Crippen LogP contribution in [0.15, 0.2) is 42.6 Å². The van der Waals surface area contributed by atoms with Crippen LogP contribution in [0.1, 0.15) is 24.0 Å². The Morgan fingerprint density at radius 3 is 2.62 bits per heavy atom. The van der Waals surface area contributed by atoms with E-state index in [4.69, 9.17) is 14.7 Å². The fraction of sp³-hybridized carbons (Fsp3) is 0.400. The highest BCUT2D eigenvalue weighted by Crippen LogP contribution is 2.43. The number of para-hydroxylation sites is 1. The number of ether oxygens (including phenoxy) is 1. The van der Waals surface area contributed by atoms with Crippen LogP contribution in [0.3, 0.4) is 0 Å². The molecule has 0 aliphatic carbocycles. The predicted molar refractivity (Wildman–Crippen MR) is 167 cm³/mol. The third-order valence-corrected chi connectivity index (χ3v) is 9.80. The first-order chi connectivity index (χ1) is 20.3. The summed E-state index contributed by atoms with van der Waals surface area (Å²) in [5, 5.41) is 7.64. The molecule has 42 heavy (non-hydrogen) atoms. The molecule has 2 aromatic heterocycles. The van der Waals surface area contributed by atoms with Crippen LogP contribution in [-0.2, 0) is 22.9 Å². The molecule has 3 aliphatic rings. The van der Waals surface area contributed by atoms with E-state index < -0.39 is 10.0 Å². The van der Waals surface area contributed by atoms with Crippen molar-refractivity contribution in [3.05, 3.63) is 53.7 Å². The number of sulfonamides is 1. The minimum atomic E-state index is -3.41. The Hall–Kier alpha value is -4.03. The second-order valence-corrected chi connectivity index (χ2v) is 13.4. The normalized spacial score (nSPS) is 17.0. The maximum Gasteiger partial charge on any atom is 0.232 e. The van der Waals surface area contributed by atoms with Crippen molar-refractivity contribution >= 4 is 55.6 Å². The van der Waals surface area contributed by atoms with Gasteiger partial charge in [-0.3, -0.25) is 4.31 Å². The van der Waals surface area contributed by atoms with Gasteiger partial charge in [-0.1, -0.05) is 12.1 Å². The number of rotatable bonds is 7. The Morgan fingerprint density at radius 1 is 1.00 bits per heavy atom. The van der Waals surface area contributed by atoms with Crippen LogP contribution in [0, 0.1) is 0 Å². The van der Waals surface area contributed by atoms with Gasteiger partial charge in [-0.15, -0.1) is 0 Å². The zero-order valence-corrected chi connectivity index (χ0v) is 25.0. The SMILES string of the molecule is CN(C)C1CCN(c2ccc(Nc3nc(Nc4cccc5c4N(S(C)(=O)=O)CC5)c4cc[nH]c4n3)c3c2CCO3)CC1. The lowest BCUT2D eigenvalue weighted by Crippen LogP contribution is -2.42. The Morgan fingerprint density at radius 2 is 1.83 bits per heavy atom. The van der Waals surface area contributed by atoms with E-state index in [1.807, 2.05) is 30.5 Å². The number of H-pyrrole nitrogens is 1. The number of nitrogens with zero attached hydrogens (tertiary/aromatic N) is 5. The van der Waals surface area contributed by atoms with Crippen molar-refractivity contribution in [2.45, 2.75) is 31.7 Å². The number of anilines is 6. The fourth-order valence-electron chi connectivity index (χ4n) is 6.49. The molecule has 0 spiro atoms. The molecule has 2 aromatic carbocycles. The molecule has 0 radical (unpaired) electrons. The van der Waals surface area contributed by atoms with E-state index in [-0.39, 0.29) is 0 Å². The number of fused-ring (bicyclic) bond motifs is 3. The van der Waals surface area contributed by atoms with Crippen molar-refractivity contribution in [3.8, 4) is 5.75 Å². The molecule has 0 unspecified atom stereocenters. The Labute approximate surface area is 245 Å². The Balaban J connectivity index is 1.19. The molecule has 11 nitrogen and oxygen atoms in total. The van der Waals surface area contributed by atoms with Gasteiger partial charge in [0.1, 0.15) is 17.2 Å². The van der Waals surface area contributed by atoms with Crippen LogP contribution < -0.4 is 24.6 Å². The summed E-state index contributed by atoms with van der Waals surface area (Å²) in [6.45, 7) is 3.14. The highest BCUT2D eigenvalue weighted by molar-refractivity contribution is 7.92. The molecule has 1 fully saturated rings. The van der Waals surface area contributed by atoms with Gasteiger partial charge >= 0.3 is 0 Å². The zero-order valence-electron chi connectivity index (χ0n) is 24.1. The van der Waals surface area contributed by atoms with Gasteiger partial charge in [0.25, 0.3) is 0 Å². The molecule has 4 aromatic rings. The summed E-state index contributed by atoms with van der Waals surface area (Å²) in [6, 6.07) is 12.6. The summed E-state index contributed by atoms with van der Waals surface area (Å²) in [4.78, 5) is 17.6. The number of nitrogens with one attached hydrogen (secondary N) is 3. The minimum absolute atomic E-state index is 0.414. The lowest BCUT2D eigenvalue weighted by Gasteiger charge is -2.37. The van der Waals surface area contributed by atoms with Crippen molar-refractivity contribution in [3.63, 3.8) is 0 Å². The van der Waals surface area contributed by atoms with Crippen LogP contribution in [0.4, 0.5) is 34.5 Å². The van der Waals surface area contributed by atoms with E-state index >= 15 is 0 Å². The third-order valence-electron chi connectivity index (χ3n) is 8.64. The summed E-state index contributed by atoms with van der Waals surface area (Å²) in [5.41, 5.74) is 6.32. The van der Waals surface area contributed by atoms with Gasteiger partial charge in [-0.2, -0.15) is 9.97 Å². The number of aromatic nitrogens is 3. The van der Waals surface area contributed by atoms with Gasteiger partial charge in [0.15, 0.2) is 0 Å². The molecule has 0 amide bonds. The predicted octanol–water partition coefficient (Wildman–Crippen LogP) is 4.23. The van der Waals surface area contributed by atoms with E-state index in [9.17, 15) is 8.42 Å². The molecule has 5 heterocycles. The zero-order chi connectivity index (χ0) is 29.0. The van der Waals surface area contributed by atoms with E-state index in [0.29, 0.717) is 54.4 Å². The van der Waals surface area contributed by atoms with Crippen LogP contribution in [0.5, 0.6) is 5.75 Å². The molecule has 7 rings (SSSR count). The topological polar surface area (TPSA) is 119 Å². The lowest BCUT2D eigenvalue weighted by atomic mass is 10.0. The fourth-order valence-corrected chi connectivity index (χ4v) is 7.46. The first-order valence-electron chi connectivity index (χ1n) is 14.4. The van der Waals surface area contributed by atoms with Crippen molar-refractivity contribution in [2.75, 3.05) is 66.4 Å². The Kier molecular flexibility index (Phi) is 6.62. The summed E-state index contributed by atoms with van der Waals surface area (Å²) in [6.07, 6.45) is 6.90. The average Bonchev–Trinajstić information content (AvgIpc) is 3.73. The smallest absolute Gasteiger partial charge is 0.232 e. The van der Waals surface area contributed by atoms with Gasteiger partial charge in [-0.25, -0.2) is 8.42 Å². The minimum Gasteiger partial charge on any atom is -0.491 e. The van der Waals surface area contributed by atoms with Gasteiger partial charge in [0.2, 0.25) is 16.0 Å². The van der Waals surface area contributed by atoms with Crippen LogP contribution in [-0.4, -0.2) is 80.9 Å².